The number of β-lactam (4-membered cyclic amide) rings is 1. The average molecular weight is 675 g/mol. The lowest BCUT2D eigenvalue weighted by Gasteiger charge is -2.55. The SMILES string of the molecule is C[C@@H](O)[C@H]1C(=O)N2C(C(=O)[O-])=C(CN3Cc4cccc5c(CC[N+]67CC[N+](CCCO)(CC6)CC7)ccc(c45)S3(=O)=O)[C@H](C)[C@H]12.[Cl-]. The number of halogens is 1. The summed E-state index contributed by atoms with van der Waals surface area (Å²) in [6.07, 6.45) is 0.771. The van der Waals surface area contributed by atoms with Gasteiger partial charge in [-0.3, -0.25) is 4.79 Å². The number of hydrogen-bond acceptors (Lipinski definition) is 7. The Bertz CT molecular complexity index is 1700. The highest BCUT2D eigenvalue weighted by Crippen LogP contribution is 2.48. The van der Waals surface area contributed by atoms with Crippen molar-refractivity contribution in [3.8, 4) is 0 Å². The molecule has 8 rings (SSSR count). The van der Waals surface area contributed by atoms with Gasteiger partial charge in [0, 0.05) is 43.8 Å². The van der Waals surface area contributed by atoms with Gasteiger partial charge >= 0.3 is 0 Å². The fraction of sp³-hybridized carbons (Fsp3) is 0.576. The number of piperazine rings is 3. The van der Waals surface area contributed by atoms with E-state index in [1.807, 2.05) is 24.3 Å². The van der Waals surface area contributed by atoms with Gasteiger partial charge in [-0.25, -0.2) is 8.42 Å². The number of carboxylic acid groups (broad SMARTS) is 1. The monoisotopic (exact) mass is 674 g/mol. The number of benzene rings is 2. The molecule has 4 saturated heterocycles. The van der Waals surface area contributed by atoms with Crippen LogP contribution in [0.5, 0.6) is 0 Å². The molecule has 11 nitrogen and oxygen atoms in total. The normalized spacial score (nSPS) is 31.9. The second kappa shape index (κ2) is 11.8. The second-order valence-corrected chi connectivity index (χ2v) is 16.0. The summed E-state index contributed by atoms with van der Waals surface area (Å²) in [4.78, 5) is 26.4. The number of fused-ring (bicyclic) bond motifs is 4. The predicted molar refractivity (Wildman–Crippen MR) is 163 cm³/mol. The number of carbonyl (C=O) groups is 2. The molecule has 4 atom stereocenters. The Morgan fingerprint density at radius 2 is 1.72 bits per heavy atom. The number of rotatable bonds is 10. The van der Waals surface area contributed by atoms with Crippen LogP contribution < -0.4 is 17.5 Å². The maximum absolute atomic E-state index is 14.1. The highest BCUT2D eigenvalue weighted by molar-refractivity contribution is 7.89. The Hall–Kier alpha value is -2.58. The standard InChI is InChI=1S/C33H43N4O7S.ClH/c1-21-26(31(33(41)42)35-30(21)28(22(2)39)32(35)40)20-34-19-24-5-3-6-25-23(7-8-27(29(24)25)45(34,43)44)9-11-37-15-12-36(13-16-37,14-17-37)10-4-18-38;/h3,5-8,21-22,28,30,38-39H,4,9-20H2,1-2H3;1H/q+1;/p-1/t21-,22+,28+,30+,36?,37?;/m0./s1. The summed E-state index contributed by atoms with van der Waals surface area (Å²) in [5, 5.41) is 33.4. The minimum absolute atomic E-state index is 0. The maximum Gasteiger partial charge on any atom is 0.244 e. The lowest BCUT2D eigenvalue weighted by Crippen LogP contribution is -3.00. The maximum atomic E-state index is 14.1. The summed E-state index contributed by atoms with van der Waals surface area (Å²) in [6, 6.07) is 9.02. The van der Waals surface area contributed by atoms with Gasteiger partial charge < -0.3 is 46.4 Å². The van der Waals surface area contributed by atoms with E-state index in [0.717, 1.165) is 96.1 Å². The van der Waals surface area contributed by atoms with Crippen LogP contribution in [0.15, 0.2) is 46.5 Å². The van der Waals surface area contributed by atoms with Crippen LogP contribution in [0.3, 0.4) is 0 Å². The topological polar surface area (TPSA) is 138 Å². The predicted octanol–water partition coefficient (Wildman–Crippen LogP) is -3.20. The van der Waals surface area contributed by atoms with Crippen LogP contribution >= 0.6 is 0 Å². The first-order valence-electron chi connectivity index (χ1n) is 16.2. The Labute approximate surface area is 276 Å². The Balaban J connectivity index is 0.00000372. The van der Waals surface area contributed by atoms with E-state index >= 15 is 0 Å². The molecule has 2 N–H and O–H groups in total. The summed E-state index contributed by atoms with van der Waals surface area (Å²) in [7, 11) is -3.98. The van der Waals surface area contributed by atoms with E-state index in [4.69, 9.17) is 0 Å². The van der Waals surface area contributed by atoms with Gasteiger partial charge in [0.25, 0.3) is 0 Å². The molecule has 2 aromatic carbocycles. The van der Waals surface area contributed by atoms with Crippen molar-refractivity contribution in [2.24, 2.45) is 11.8 Å². The Kier molecular flexibility index (Phi) is 8.57. The summed E-state index contributed by atoms with van der Waals surface area (Å²) < 4.78 is 31.7. The van der Waals surface area contributed by atoms with Crippen LogP contribution in [-0.2, 0) is 32.6 Å². The van der Waals surface area contributed by atoms with E-state index in [-0.39, 0.29) is 42.7 Å². The van der Waals surface area contributed by atoms with E-state index in [1.165, 1.54) is 16.1 Å². The third-order valence-corrected chi connectivity index (χ3v) is 13.6. The zero-order valence-electron chi connectivity index (χ0n) is 26.4. The Morgan fingerprint density at radius 1 is 1.07 bits per heavy atom. The zero-order chi connectivity index (χ0) is 31.9. The molecule has 1 amide bonds. The van der Waals surface area contributed by atoms with Crippen LogP contribution in [-0.4, -0.2) is 126 Å². The van der Waals surface area contributed by atoms with Crippen LogP contribution in [0.4, 0.5) is 0 Å². The summed E-state index contributed by atoms with van der Waals surface area (Å²) in [5.41, 5.74) is 2.08. The highest BCUT2D eigenvalue weighted by atomic mass is 35.5. The first-order valence-corrected chi connectivity index (χ1v) is 17.7. The van der Waals surface area contributed by atoms with Gasteiger partial charge in [-0.05, 0) is 35.1 Å². The number of aliphatic carboxylic acids is 1. The number of nitrogens with zero attached hydrogens (tertiary/aromatic N) is 4. The van der Waals surface area contributed by atoms with Crippen molar-refractivity contribution in [3.63, 3.8) is 0 Å². The number of sulfonamides is 1. The lowest BCUT2D eigenvalue weighted by molar-refractivity contribution is -1.08. The fourth-order valence-electron chi connectivity index (χ4n) is 9.04. The smallest absolute Gasteiger partial charge is 0.244 e. The minimum Gasteiger partial charge on any atom is -1.00 e. The van der Waals surface area contributed by atoms with Gasteiger partial charge in [-0.1, -0.05) is 31.2 Å². The van der Waals surface area contributed by atoms with Gasteiger partial charge in [0.15, 0.2) is 0 Å². The second-order valence-electron chi connectivity index (χ2n) is 14.1. The molecule has 0 spiro atoms. The molecule has 6 aliphatic rings. The summed E-state index contributed by atoms with van der Waals surface area (Å²) in [6.45, 7) is 12.4. The third kappa shape index (κ3) is 4.99. The molecular formula is C33H43ClN4O7S. The number of hydrogen-bond donors (Lipinski definition) is 2. The molecule has 0 unspecified atom stereocenters. The number of aliphatic hydroxyl groups is 2. The molecule has 6 heterocycles. The largest absolute Gasteiger partial charge is 1.00 e. The van der Waals surface area contributed by atoms with E-state index in [0.29, 0.717) is 5.57 Å². The van der Waals surface area contributed by atoms with E-state index in [2.05, 4.69) is 0 Å². The molecule has 0 aromatic heterocycles. The highest BCUT2D eigenvalue weighted by Gasteiger charge is 2.59. The first kappa shape index (κ1) is 33.3. The molecule has 0 aliphatic carbocycles. The van der Waals surface area contributed by atoms with Crippen molar-refractivity contribution in [1.29, 1.82) is 0 Å². The molecule has 4 fully saturated rings. The summed E-state index contributed by atoms with van der Waals surface area (Å²) in [5.74, 6) is -3.16. The lowest BCUT2D eigenvalue weighted by atomic mass is 9.78. The Morgan fingerprint density at radius 3 is 2.33 bits per heavy atom. The fourth-order valence-corrected chi connectivity index (χ4v) is 10.7. The van der Waals surface area contributed by atoms with Crippen molar-refractivity contribution in [2.45, 2.75) is 50.3 Å². The van der Waals surface area contributed by atoms with Crippen molar-refractivity contribution in [1.82, 2.24) is 9.21 Å². The molecule has 2 aromatic rings. The van der Waals surface area contributed by atoms with Crippen LogP contribution in [0.1, 0.15) is 31.4 Å². The number of carbonyl (C=O) groups excluding carboxylic acids is 2. The van der Waals surface area contributed by atoms with Gasteiger partial charge in [0.05, 0.1) is 47.7 Å². The van der Waals surface area contributed by atoms with Crippen molar-refractivity contribution in [3.05, 3.63) is 52.7 Å². The first-order chi connectivity index (χ1) is 21.4. The van der Waals surface area contributed by atoms with Crippen molar-refractivity contribution >= 4 is 32.7 Å². The number of quaternary nitrogens is 2. The van der Waals surface area contributed by atoms with Crippen LogP contribution in [0.2, 0.25) is 0 Å². The van der Waals surface area contributed by atoms with Crippen LogP contribution in [0.25, 0.3) is 10.8 Å². The number of aliphatic hydroxyl groups excluding tert-OH is 2. The molecule has 0 saturated carbocycles. The summed E-state index contributed by atoms with van der Waals surface area (Å²) >= 11 is 0. The number of amides is 1. The average Bonchev–Trinajstić information content (AvgIpc) is 3.26. The van der Waals surface area contributed by atoms with E-state index < -0.39 is 45.9 Å². The molecule has 13 heteroatoms. The van der Waals surface area contributed by atoms with Crippen LogP contribution in [0, 0.1) is 11.8 Å². The third-order valence-electron chi connectivity index (χ3n) is 11.8. The zero-order valence-corrected chi connectivity index (χ0v) is 28.0. The molecule has 46 heavy (non-hydrogen) atoms. The van der Waals surface area contributed by atoms with Gasteiger partial charge in [-0.15, -0.1) is 0 Å². The minimum atomic E-state index is -3.98. The van der Waals surface area contributed by atoms with Crippen molar-refractivity contribution in [2.75, 3.05) is 65.5 Å². The van der Waals surface area contributed by atoms with E-state index in [9.17, 15) is 33.3 Å². The van der Waals surface area contributed by atoms with Gasteiger partial charge in [0.2, 0.25) is 15.9 Å². The molecule has 0 radical (unpaired) electrons. The molecular weight excluding hydrogens is 632 g/mol. The van der Waals surface area contributed by atoms with Crippen molar-refractivity contribution < 1.29 is 54.7 Å². The van der Waals surface area contributed by atoms with E-state index in [1.54, 1.807) is 13.0 Å². The number of carboxylic acids is 1. The van der Waals surface area contributed by atoms with Gasteiger partial charge in [0.1, 0.15) is 39.3 Å². The molecule has 250 valence electrons. The molecule has 2 bridgehead atoms. The molecule has 6 aliphatic heterocycles. The van der Waals surface area contributed by atoms with Gasteiger partial charge in [-0.2, -0.15) is 4.31 Å². The quantitative estimate of drug-likeness (QED) is 0.200.